The summed E-state index contributed by atoms with van der Waals surface area (Å²) in [5, 5.41) is 2.72. The summed E-state index contributed by atoms with van der Waals surface area (Å²) in [5.41, 5.74) is 2.10. The summed E-state index contributed by atoms with van der Waals surface area (Å²) < 4.78 is 15.5. The normalized spacial score (nSPS) is 10.1. The lowest BCUT2D eigenvalue weighted by Gasteiger charge is -2.10. The molecule has 0 spiro atoms. The minimum Gasteiger partial charge on any atom is -0.497 e. The highest BCUT2D eigenvalue weighted by Gasteiger charge is 2.09. The lowest BCUT2D eigenvalue weighted by Crippen LogP contribution is -2.31. The molecule has 0 aromatic heterocycles. The molecular formula is C21H25NO5. The Morgan fingerprint density at radius 1 is 1.00 bits per heavy atom. The number of esters is 1. The van der Waals surface area contributed by atoms with Crippen LogP contribution in [-0.4, -0.2) is 38.7 Å². The molecule has 0 radical (unpaired) electrons. The number of amides is 1. The van der Waals surface area contributed by atoms with Gasteiger partial charge >= 0.3 is 5.97 Å². The van der Waals surface area contributed by atoms with Gasteiger partial charge in [-0.3, -0.25) is 4.79 Å². The molecule has 0 saturated carbocycles. The molecule has 0 aliphatic rings. The van der Waals surface area contributed by atoms with Gasteiger partial charge in [-0.05, 0) is 42.2 Å². The van der Waals surface area contributed by atoms with E-state index in [0.29, 0.717) is 18.7 Å². The highest BCUT2D eigenvalue weighted by atomic mass is 16.6. The minimum absolute atomic E-state index is 0.226. The summed E-state index contributed by atoms with van der Waals surface area (Å²) in [6, 6.07) is 15.1. The number of hydrogen-bond donors (Lipinski definition) is 1. The van der Waals surface area contributed by atoms with Crippen molar-refractivity contribution in [2.45, 2.75) is 19.8 Å². The van der Waals surface area contributed by atoms with Gasteiger partial charge in [0, 0.05) is 6.54 Å². The van der Waals surface area contributed by atoms with Crippen molar-refractivity contribution in [2.24, 2.45) is 0 Å². The van der Waals surface area contributed by atoms with Crippen molar-refractivity contribution in [3.63, 3.8) is 0 Å². The van der Waals surface area contributed by atoms with Crippen LogP contribution in [-0.2, 0) is 27.2 Å². The van der Waals surface area contributed by atoms with Crippen molar-refractivity contribution in [3.05, 3.63) is 59.7 Å². The third-order valence-corrected chi connectivity index (χ3v) is 3.96. The monoisotopic (exact) mass is 371 g/mol. The van der Waals surface area contributed by atoms with E-state index in [1.54, 1.807) is 13.2 Å². The molecule has 0 aliphatic carbocycles. The van der Waals surface area contributed by atoms with E-state index in [0.717, 1.165) is 23.3 Å². The first kappa shape index (κ1) is 20.3. The van der Waals surface area contributed by atoms with Gasteiger partial charge < -0.3 is 19.5 Å². The Hall–Kier alpha value is -3.02. The van der Waals surface area contributed by atoms with Gasteiger partial charge in [-0.2, -0.15) is 0 Å². The molecule has 144 valence electrons. The van der Waals surface area contributed by atoms with Crippen LogP contribution in [0.25, 0.3) is 0 Å². The zero-order valence-electron chi connectivity index (χ0n) is 15.7. The minimum atomic E-state index is -0.578. The molecule has 2 aromatic carbocycles. The molecule has 6 nitrogen and oxygen atoms in total. The van der Waals surface area contributed by atoms with Crippen LogP contribution in [0.1, 0.15) is 18.1 Å². The molecule has 2 aromatic rings. The standard InChI is InChI=1S/C21H25NO5/c1-3-17-6-4-5-7-19(17)26-15-21(24)27-14-20(23)22-13-12-16-8-10-18(25-2)11-9-16/h4-11H,3,12-15H2,1-2H3,(H,22,23). The van der Waals surface area contributed by atoms with E-state index in [9.17, 15) is 9.59 Å². The Kier molecular flexibility index (Phi) is 8.16. The van der Waals surface area contributed by atoms with E-state index in [-0.39, 0.29) is 19.1 Å². The van der Waals surface area contributed by atoms with Crippen LogP contribution in [0.4, 0.5) is 0 Å². The molecule has 2 rings (SSSR count). The number of nitrogens with one attached hydrogen (secondary N) is 1. The van der Waals surface area contributed by atoms with Crippen LogP contribution in [0.15, 0.2) is 48.5 Å². The predicted molar refractivity (Wildman–Crippen MR) is 102 cm³/mol. The second-order valence-electron chi connectivity index (χ2n) is 5.86. The number of rotatable bonds is 10. The van der Waals surface area contributed by atoms with Crippen LogP contribution in [0.2, 0.25) is 0 Å². The van der Waals surface area contributed by atoms with Crippen molar-refractivity contribution >= 4 is 11.9 Å². The molecule has 27 heavy (non-hydrogen) atoms. The quantitative estimate of drug-likeness (QED) is 0.650. The summed E-state index contributed by atoms with van der Waals surface area (Å²) in [7, 11) is 1.62. The number of para-hydroxylation sites is 1. The fraction of sp³-hybridized carbons (Fsp3) is 0.333. The van der Waals surface area contributed by atoms with Gasteiger partial charge in [0.05, 0.1) is 7.11 Å². The topological polar surface area (TPSA) is 73.9 Å². The van der Waals surface area contributed by atoms with Crippen LogP contribution in [0.5, 0.6) is 11.5 Å². The summed E-state index contributed by atoms with van der Waals surface area (Å²) in [5.74, 6) is 0.524. The van der Waals surface area contributed by atoms with Crippen molar-refractivity contribution in [1.82, 2.24) is 5.32 Å². The van der Waals surface area contributed by atoms with Crippen molar-refractivity contribution in [3.8, 4) is 11.5 Å². The Balaban J connectivity index is 1.63. The second-order valence-corrected chi connectivity index (χ2v) is 5.86. The van der Waals surface area contributed by atoms with E-state index in [4.69, 9.17) is 14.2 Å². The van der Waals surface area contributed by atoms with Crippen molar-refractivity contribution in [1.29, 1.82) is 0 Å². The number of benzene rings is 2. The molecular weight excluding hydrogens is 346 g/mol. The number of carbonyl (C=O) groups is 2. The summed E-state index contributed by atoms with van der Waals surface area (Å²) in [6.45, 7) is 1.93. The third-order valence-electron chi connectivity index (χ3n) is 3.96. The lowest BCUT2D eigenvalue weighted by molar-refractivity contribution is -0.150. The number of hydrogen-bond acceptors (Lipinski definition) is 5. The van der Waals surface area contributed by atoms with Gasteiger partial charge in [-0.25, -0.2) is 4.79 Å². The van der Waals surface area contributed by atoms with Crippen LogP contribution < -0.4 is 14.8 Å². The third kappa shape index (κ3) is 7.01. The molecule has 1 N–H and O–H groups in total. The Morgan fingerprint density at radius 2 is 1.74 bits per heavy atom. The average Bonchev–Trinajstić information content (AvgIpc) is 2.71. The van der Waals surface area contributed by atoms with Crippen molar-refractivity contribution in [2.75, 3.05) is 26.9 Å². The second kappa shape index (κ2) is 10.9. The average molecular weight is 371 g/mol. The summed E-state index contributed by atoms with van der Waals surface area (Å²) in [4.78, 5) is 23.5. The fourth-order valence-electron chi connectivity index (χ4n) is 2.45. The number of carbonyl (C=O) groups excluding carboxylic acids is 2. The Morgan fingerprint density at radius 3 is 2.44 bits per heavy atom. The first-order valence-corrected chi connectivity index (χ1v) is 8.88. The van der Waals surface area contributed by atoms with Gasteiger partial charge in [-0.15, -0.1) is 0 Å². The van der Waals surface area contributed by atoms with E-state index in [1.165, 1.54) is 0 Å². The van der Waals surface area contributed by atoms with E-state index >= 15 is 0 Å². The Labute approximate surface area is 159 Å². The fourth-order valence-corrected chi connectivity index (χ4v) is 2.45. The van der Waals surface area contributed by atoms with Gasteiger partial charge in [0.25, 0.3) is 5.91 Å². The molecule has 0 saturated heterocycles. The summed E-state index contributed by atoms with van der Waals surface area (Å²) in [6.07, 6.45) is 1.49. The van der Waals surface area contributed by atoms with Crippen LogP contribution >= 0.6 is 0 Å². The lowest BCUT2D eigenvalue weighted by atomic mass is 10.1. The molecule has 0 fully saturated rings. The summed E-state index contributed by atoms with van der Waals surface area (Å²) >= 11 is 0. The van der Waals surface area contributed by atoms with Crippen LogP contribution in [0.3, 0.4) is 0 Å². The highest BCUT2D eigenvalue weighted by molar-refractivity contribution is 5.80. The smallest absolute Gasteiger partial charge is 0.344 e. The molecule has 0 unspecified atom stereocenters. The molecule has 6 heteroatoms. The first-order valence-electron chi connectivity index (χ1n) is 8.88. The maximum Gasteiger partial charge on any atom is 0.344 e. The number of methoxy groups -OCH3 is 1. The van der Waals surface area contributed by atoms with Gasteiger partial charge in [-0.1, -0.05) is 37.3 Å². The maximum atomic E-state index is 11.8. The van der Waals surface area contributed by atoms with Crippen molar-refractivity contribution < 1.29 is 23.8 Å². The largest absolute Gasteiger partial charge is 0.497 e. The maximum absolute atomic E-state index is 11.8. The highest BCUT2D eigenvalue weighted by Crippen LogP contribution is 2.18. The van der Waals surface area contributed by atoms with E-state index in [1.807, 2.05) is 49.4 Å². The SMILES string of the molecule is CCc1ccccc1OCC(=O)OCC(=O)NCCc1ccc(OC)cc1. The zero-order valence-corrected chi connectivity index (χ0v) is 15.7. The van der Waals surface area contributed by atoms with E-state index in [2.05, 4.69) is 5.32 Å². The first-order chi connectivity index (χ1) is 13.1. The zero-order chi connectivity index (χ0) is 19.5. The molecule has 0 aliphatic heterocycles. The molecule has 0 bridgehead atoms. The number of aryl methyl sites for hydroxylation is 1. The molecule has 1 amide bonds. The Bertz CT molecular complexity index is 742. The van der Waals surface area contributed by atoms with Gasteiger partial charge in [0.2, 0.25) is 0 Å². The van der Waals surface area contributed by atoms with E-state index < -0.39 is 5.97 Å². The van der Waals surface area contributed by atoms with Gasteiger partial charge in [0.15, 0.2) is 13.2 Å². The predicted octanol–water partition coefficient (Wildman–Crippen LogP) is 2.54. The molecule has 0 heterocycles. The van der Waals surface area contributed by atoms with Crippen LogP contribution in [0, 0.1) is 0 Å². The van der Waals surface area contributed by atoms with Gasteiger partial charge in [0.1, 0.15) is 11.5 Å². The molecule has 0 atom stereocenters. The number of ether oxygens (including phenoxy) is 3.